The molecule has 3 aliphatic rings. The van der Waals surface area contributed by atoms with Gasteiger partial charge in [0.25, 0.3) is 0 Å². The number of rotatable bonds is 3. The predicted molar refractivity (Wildman–Crippen MR) is 96.8 cm³/mol. The van der Waals surface area contributed by atoms with Gasteiger partial charge in [-0.1, -0.05) is 47.5 Å². The van der Waals surface area contributed by atoms with Crippen LogP contribution < -0.4 is 0 Å². The van der Waals surface area contributed by atoms with Gasteiger partial charge in [0, 0.05) is 0 Å². The molecule has 1 nitrogen and oxygen atoms in total. The summed E-state index contributed by atoms with van der Waals surface area (Å²) in [5.74, 6) is 2.98. The number of fused-ring (bicyclic) bond motifs is 1. The molecule has 0 aromatic heterocycles. The largest absolute Gasteiger partial charge is 0.386 e. The topological polar surface area (TPSA) is 20.2 Å². The number of allylic oxidation sites excluding steroid dienone is 2. The van der Waals surface area contributed by atoms with Crippen molar-refractivity contribution in [2.75, 3.05) is 0 Å². The maximum Gasteiger partial charge on any atom is 0.0805 e. The fourth-order valence-corrected chi connectivity index (χ4v) is 6.51. The first-order chi connectivity index (χ1) is 10.4. The summed E-state index contributed by atoms with van der Waals surface area (Å²) in [5.41, 5.74) is 1.60. The summed E-state index contributed by atoms with van der Waals surface area (Å²) in [5, 5.41) is 10.1. The van der Waals surface area contributed by atoms with Gasteiger partial charge >= 0.3 is 0 Å². The fourth-order valence-electron chi connectivity index (χ4n) is 5.96. The Hall–Kier alpha value is -0.0800. The first-order valence-corrected chi connectivity index (χ1v) is 9.98. The van der Waals surface area contributed by atoms with E-state index in [4.69, 9.17) is 0 Å². The van der Waals surface area contributed by atoms with E-state index in [1.54, 1.807) is 5.57 Å². The second kappa shape index (κ2) is 6.09. The molecule has 0 amide bonds. The zero-order valence-electron chi connectivity index (χ0n) is 14.3. The molecule has 3 rings (SSSR count). The van der Waals surface area contributed by atoms with E-state index in [0.29, 0.717) is 11.3 Å². The molecule has 3 aliphatic carbocycles. The van der Waals surface area contributed by atoms with Crippen LogP contribution >= 0.6 is 15.9 Å². The standard InChI is InChI=1S/C20H31BrO/c1-14(11-15-8-10-19(2,22)12-15)17-6-7-18-16(13-21)5-4-9-20(17,18)3/h8,10,13-15,17-18,22H,4-7,9,11-12H2,1-3H3/b16-13+/t14-,15+,17-,18?,19+,20-/m1/s1. The summed E-state index contributed by atoms with van der Waals surface area (Å²) >= 11 is 3.61. The summed E-state index contributed by atoms with van der Waals surface area (Å²) in [7, 11) is 0. The SMILES string of the molecule is C[C@H](C[C@@H]1C=C[C@](C)(O)C1)[C@H]1CCC2/C(=C/Br)CCC[C@@]21C. The predicted octanol–water partition coefficient (Wildman–Crippen LogP) is 5.83. The Bertz CT molecular complexity index is 478. The Morgan fingerprint density at radius 1 is 1.41 bits per heavy atom. The van der Waals surface area contributed by atoms with E-state index < -0.39 is 5.60 Å². The van der Waals surface area contributed by atoms with E-state index in [1.807, 2.05) is 13.0 Å². The molecule has 0 bridgehead atoms. The van der Waals surface area contributed by atoms with Gasteiger partial charge in [0.05, 0.1) is 5.60 Å². The maximum atomic E-state index is 10.1. The third-order valence-electron chi connectivity index (χ3n) is 6.94. The quantitative estimate of drug-likeness (QED) is 0.622. The third-order valence-corrected chi connectivity index (χ3v) is 7.53. The van der Waals surface area contributed by atoms with Gasteiger partial charge in [-0.2, -0.15) is 0 Å². The average Bonchev–Trinajstić information content (AvgIpc) is 2.97. The molecule has 22 heavy (non-hydrogen) atoms. The molecule has 124 valence electrons. The van der Waals surface area contributed by atoms with Crippen molar-refractivity contribution in [3.63, 3.8) is 0 Å². The minimum atomic E-state index is -0.566. The molecule has 0 aromatic rings. The summed E-state index contributed by atoms with van der Waals surface area (Å²) < 4.78 is 0. The fraction of sp³-hybridized carbons (Fsp3) is 0.800. The van der Waals surface area contributed by atoms with Crippen molar-refractivity contribution < 1.29 is 5.11 Å². The van der Waals surface area contributed by atoms with Crippen LogP contribution in [0.25, 0.3) is 0 Å². The minimum Gasteiger partial charge on any atom is -0.386 e. The molecule has 0 spiro atoms. The lowest BCUT2D eigenvalue weighted by Gasteiger charge is -2.44. The minimum absolute atomic E-state index is 0.502. The molecule has 1 unspecified atom stereocenters. The summed E-state index contributed by atoms with van der Waals surface area (Å²) in [6, 6.07) is 0. The van der Waals surface area contributed by atoms with E-state index >= 15 is 0 Å². The molecule has 0 saturated heterocycles. The molecule has 2 saturated carbocycles. The molecule has 2 fully saturated rings. The first-order valence-electron chi connectivity index (χ1n) is 9.06. The number of hydrogen-bond acceptors (Lipinski definition) is 1. The zero-order valence-corrected chi connectivity index (χ0v) is 15.9. The van der Waals surface area contributed by atoms with E-state index in [1.165, 1.54) is 38.5 Å². The van der Waals surface area contributed by atoms with Crippen molar-refractivity contribution in [1.29, 1.82) is 0 Å². The van der Waals surface area contributed by atoms with Crippen molar-refractivity contribution in [2.24, 2.45) is 29.1 Å². The van der Waals surface area contributed by atoms with Crippen molar-refractivity contribution >= 4 is 15.9 Å². The van der Waals surface area contributed by atoms with Gasteiger partial charge in [-0.25, -0.2) is 0 Å². The Balaban J connectivity index is 1.69. The molecule has 2 heteroatoms. The van der Waals surface area contributed by atoms with E-state index in [2.05, 4.69) is 40.8 Å². The monoisotopic (exact) mass is 366 g/mol. The zero-order chi connectivity index (χ0) is 16.0. The molecule has 0 heterocycles. The van der Waals surface area contributed by atoms with Crippen molar-refractivity contribution in [3.8, 4) is 0 Å². The lowest BCUT2D eigenvalue weighted by Crippen LogP contribution is -2.36. The lowest BCUT2D eigenvalue weighted by atomic mass is 9.61. The highest BCUT2D eigenvalue weighted by molar-refractivity contribution is 9.11. The molecular weight excluding hydrogens is 336 g/mol. The van der Waals surface area contributed by atoms with Crippen LogP contribution in [0.1, 0.15) is 65.7 Å². The van der Waals surface area contributed by atoms with Crippen LogP contribution in [0.5, 0.6) is 0 Å². The van der Waals surface area contributed by atoms with Crippen LogP contribution in [-0.2, 0) is 0 Å². The van der Waals surface area contributed by atoms with Crippen LogP contribution in [0, 0.1) is 29.1 Å². The normalized spacial score (nSPS) is 47.9. The Labute approximate surface area is 144 Å². The molecule has 1 N–H and O–H groups in total. The van der Waals surface area contributed by atoms with Crippen LogP contribution in [-0.4, -0.2) is 10.7 Å². The van der Waals surface area contributed by atoms with Crippen molar-refractivity contribution in [1.82, 2.24) is 0 Å². The first kappa shape index (κ1) is 16.8. The van der Waals surface area contributed by atoms with Crippen LogP contribution in [0.3, 0.4) is 0 Å². The van der Waals surface area contributed by atoms with Crippen LogP contribution in [0.15, 0.2) is 22.7 Å². The van der Waals surface area contributed by atoms with E-state index in [9.17, 15) is 5.11 Å². The average molecular weight is 367 g/mol. The molecule has 0 radical (unpaired) electrons. The second-order valence-corrected chi connectivity index (χ2v) is 9.13. The van der Waals surface area contributed by atoms with E-state index in [-0.39, 0.29) is 0 Å². The molecule has 0 aromatic carbocycles. The highest BCUT2D eigenvalue weighted by Gasteiger charge is 2.50. The van der Waals surface area contributed by atoms with Crippen molar-refractivity contribution in [2.45, 2.75) is 71.3 Å². The number of halogens is 1. The van der Waals surface area contributed by atoms with E-state index in [0.717, 1.165) is 24.2 Å². The smallest absolute Gasteiger partial charge is 0.0805 e. The van der Waals surface area contributed by atoms with Gasteiger partial charge in [0.2, 0.25) is 0 Å². The summed E-state index contributed by atoms with van der Waals surface area (Å²) in [6.45, 7) is 6.96. The van der Waals surface area contributed by atoms with Gasteiger partial charge in [-0.15, -0.1) is 0 Å². The number of aliphatic hydroxyl groups is 1. The molecule has 0 aliphatic heterocycles. The number of hydrogen-bond donors (Lipinski definition) is 1. The highest BCUT2D eigenvalue weighted by Crippen LogP contribution is 2.60. The van der Waals surface area contributed by atoms with Gasteiger partial charge in [0.15, 0.2) is 0 Å². The summed E-state index contributed by atoms with van der Waals surface area (Å²) in [6.07, 6.45) is 13.2. The van der Waals surface area contributed by atoms with Gasteiger partial charge in [0.1, 0.15) is 0 Å². The molecular formula is C20H31BrO. The van der Waals surface area contributed by atoms with Crippen LogP contribution in [0.2, 0.25) is 0 Å². The highest BCUT2D eigenvalue weighted by atomic mass is 79.9. The van der Waals surface area contributed by atoms with Gasteiger partial charge in [-0.05, 0) is 85.9 Å². The Morgan fingerprint density at radius 2 is 2.18 bits per heavy atom. The summed E-state index contributed by atoms with van der Waals surface area (Å²) in [4.78, 5) is 2.22. The van der Waals surface area contributed by atoms with Crippen molar-refractivity contribution in [3.05, 3.63) is 22.7 Å². The Morgan fingerprint density at radius 3 is 2.82 bits per heavy atom. The lowest BCUT2D eigenvalue weighted by molar-refractivity contribution is 0.0756. The van der Waals surface area contributed by atoms with Gasteiger partial charge < -0.3 is 5.11 Å². The third kappa shape index (κ3) is 2.98. The second-order valence-electron chi connectivity index (χ2n) is 8.67. The maximum absolute atomic E-state index is 10.1. The molecule has 6 atom stereocenters. The van der Waals surface area contributed by atoms with Gasteiger partial charge in [-0.3, -0.25) is 0 Å². The van der Waals surface area contributed by atoms with Crippen LogP contribution in [0.4, 0.5) is 0 Å². The Kier molecular flexibility index (Phi) is 4.64.